The monoisotopic (exact) mass is 293 g/mol. The van der Waals surface area contributed by atoms with Gasteiger partial charge in [-0.25, -0.2) is 4.98 Å². The Morgan fingerprint density at radius 3 is 2.75 bits per heavy atom. The van der Waals surface area contributed by atoms with Gasteiger partial charge in [0.05, 0.1) is 22.7 Å². The highest BCUT2D eigenvalue weighted by Crippen LogP contribution is 2.28. The van der Waals surface area contributed by atoms with E-state index in [0.717, 1.165) is 11.4 Å². The largest absolute Gasteiger partial charge is 0.437 e. The van der Waals surface area contributed by atoms with E-state index in [1.54, 1.807) is 12.1 Å². The van der Waals surface area contributed by atoms with E-state index in [2.05, 4.69) is 9.97 Å². The molecule has 0 N–H and O–H groups in total. The van der Waals surface area contributed by atoms with Crippen LogP contribution >= 0.6 is 11.6 Å². The molecule has 7 heteroatoms. The first kappa shape index (κ1) is 14.2. The van der Waals surface area contributed by atoms with E-state index in [1.807, 2.05) is 13.8 Å². The topological polar surface area (TPSA) is 78.2 Å². The molecule has 20 heavy (non-hydrogen) atoms. The molecule has 0 aliphatic rings. The highest BCUT2D eigenvalue weighted by atomic mass is 35.5. The molecule has 0 aliphatic heterocycles. The van der Waals surface area contributed by atoms with Crippen molar-refractivity contribution >= 4 is 17.3 Å². The Morgan fingerprint density at radius 2 is 2.10 bits per heavy atom. The van der Waals surface area contributed by atoms with Crippen LogP contribution in [0.25, 0.3) is 0 Å². The van der Waals surface area contributed by atoms with Gasteiger partial charge in [-0.1, -0.05) is 18.5 Å². The van der Waals surface area contributed by atoms with E-state index in [4.69, 9.17) is 16.3 Å². The Kier molecular flexibility index (Phi) is 4.14. The first-order valence-corrected chi connectivity index (χ1v) is 6.33. The van der Waals surface area contributed by atoms with Crippen molar-refractivity contribution in [2.75, 3.05) is 0 Å². The second-order valence-electron chi connectivity index (χ2n) is 4.10. The molecule has 0 atom stereocenters. The van der Waals surface area contributed by atoms with Crippen molar-refractivity contribution in [3.63, 3.8) is 0 Å². The van der Waals surface area contributed by atoms with Crippen molar-refractivity contribution in [3.8, 4) is 11.6 Å². The summed E-state index contributed by atoms with van der Waals surface area (Å²) in [6.07, 6.45) is 0.680. The molecule has 0 spiro atoms. The second kappa shape index (κ2) is 5.83. The van der Waals surface area contributed by atoms with Gasteiger partial charge >= 0.3 is 0 Å². The number of aromatic nitrogens is 2. The van der Waals surface area contributed by atoms with Crippen LogP contribution in [0.4, 0.5) is 5.69 Å². The van der Waals surface area contributed by atoms with Gasteiger partial charge in [0, 0.05) is 5.69 Å². The molecule has 2 rings (SSSR count). The molecule has 0 unspecified atom stereocenters. The number of rotatable bonds is 4. The van der Waals surface area contributed by atoms with Crippen LogP contribution in [0.1, 0.15) is 18.3 Å². The first-order valence-electron chi connectivity index (χ1n) is 5.96. The number of aryl methyl sites for hydroxylation is 2. The highest BCUT2D eigenvalue weighted by Gasteiger charge is 2.13. The number of pyridine rings is 2. The summed E-state index contributed by atoms with van der Waals surface area (Å²) in [5.74, 6) is 0.590. The van der Waals surface area contributed by atoms with E-state index in [0.29, 0.717) is 12.2 Å². The fourth-order valence-corrected chi connectivity index (χ4v) is 1.87. The summed E-state index contributed by atoms with van der Waals surface area (Å²) in [6.45, 7) is 3.83. The number of halogens is 1. The van der Waals surface area contributed by atoms with Gasteiger partial charge in [0.1, 0.15) is 5.15 Å². The van der Waals surface area contributed by atoms with Crippen LogP contribution in [-0.2, 0) is 6.42 Å². The summed E-state index contributed by atoms with van der Waals surface area (Å²) >= 11 is 5.75. The molecule has 0 aliphatic carbocycles. The van der Waals surface area contributed by atoms with E-state index in [-0.39, 0.29) is 16.7 Å². The van der Waals surface area contributed by atoms with Crippen LogP contribution in [0.2, 0.25) is 5.15 Å². The van der Waals surface area contributed by atoms with Gasteiger partial charge in [-0.15, -0.1) is 0 Å². The lowest BCUT2D eigenvalue weighted by Crippen LogP contribution is -1.98. The van der Waals surface area contributed by atoms with Gasteiger partial charge in [-0.2, -0.15) is 0 Å². The van der Waals surface area contributed by atoms with Gasteiger partial charge in [-0.3, -0.25) is 15.1 Å². The third kappa shape index (κ3) is 3.21. The molecule has 104 valence electrons. The van der Waals surface area contributed by atoms with Crippen LogP contribution in [0.15, 0.2) is 24.3 Å². The summed E-state index contributed by atoms with van der Waals surface area (Å²) < 4.78 is 5.56. The predicted molar refractivity (Wildman–Crippen MR) is 74.3 cm³/mol. The van der Waals surface area contributed by atoms with Crippen molar-refractivity contribution in [1.29, 1.82) is 0 Å². The Hall–Kier alpha value is -2.21. The van der Waals surface area contributed by atoms with Crippen molar-refractivity contribution in [3.05, 3.63) is 50.9 Å². The Morgan fingerprint density at radius 1 is 1.35 bits per heavy atom. The van der Waals surface area contributed by atoms with Crippen LogP contribution in [-0.4, -0.2) is 14.9 Å². The van der Waals surface area contributed by atoms with Crippen LogP contribution in [0, 0.1) is 17.0 Å². The molecular weight excluding hydrogens is 282 g/mol. The Labute approximate surface area is 120 Å². The maximum absolute atomic E-state index is 10.8. The third-order valence-electron chi connectivity index (χ3n) is 2.59. The molecule has 0 fully saturated rings. The van der Waals surface area contributed by atoms with Crippen molar-refractivity contribution in [2.24, 2.45) is 0 Å². The number of hydrogen-bond acceptors (Lipinski definition) is 5. The molecule has 0 saturated carbocycles. The summed E-state index contributed by atoms with van der Waals surface area (Å²) in [5, 5.41) is 10.8. The molecule has 0 saturated heterocycles. The minimum absolute atomic E-state index is 0.00678. The maximum Gasteiger partial charge on any atom is 0.277 e. The Balaban J connectivity index is 2.37. The zero-order valence-corrected chi connectivity index (χ0v) is 11.7. The van der Waals surface area contributed by atoms with Gasteiger partial charge in [-0.05, 0) is 25.5 Å². The minimum atomic E-state index is -0.547. The molecule has 0 amide bonds. The van der Waals surface area contributed by atoms with E-state index in [1.165, 1.54) is 12.1 Å². The second-order valence-corrected chi connectivity index (χ2v) is 4.48. The lowest BCUT2D eigenvalue weighted by molar-refractivity contribution is -0.385. The van der Waals surface area contributed by atoms with Gasteiger partial charge in [0.2, 0.25) is 5.88 Å². The number of ether oxygens (including phenoxy) is 1. The van der Waals surface area contributed by atoms with E-state index in [9.17, 15) is 10.1 Å². The highest BCUT2D eigenvalue weighted by molar-refractivity contribution is 6.29. The molecule has 6 nitrogen and oxygen atoms in total. The number of nitrogens with zero attached hydrogens (tertiary/aromatic N) is 3. The standard InChI is InChI=1S/C13H12ClN3O3/c1-3-10-11(5-4-8(2)15-10)20-13-7-9(17(18)19)6-12(14)16-13/h4-7H,3H2,1-2H3. The van der Waals surface area contributed by atoms with Gasteiger partial charge < -0.3 is 4.74 Å². The summed E-state index contributed by atoms with van der Waals surface area (Å²) in [6, 6.07) is 5.96. The molecule has 0 bridgehead atoms. The van der Waals surface area contributed by atoms with E-state index < -0.39 is 4.92 Å². The van der Waals surface area contributed by atoms with Crippen molar-refractivity contribution in [2.45, 2.75) is 20.3 Å². The number of nitro groups is 1. The molecule has 2 aromatic rings. The average molecular weight is 294 g/mol. The van der Waals surface area contributed by atoms with Crippen molar-refractivity contribution < 1.29 is 9.66 Å². The summed E-state index contributed by atoms with van der Waals surface area (Å²) in [5.41, 5.74) is 1.46. The van der Waals surface area contributed by atoms with E-state index >= 15 is 0 Å². The summed E-state index contributed by atoms with van der Waals surface area (Å²) in [4.78, 5) is 18.5. The molecule has 2 aromatic heterocycles. The molecular formula is C13H12ClN3O3. The third-order valence-corrected chi connectivity index (χ3v) is 2.78. The van der Waals surface area contributed by atoms with Gasteiger partial charge in [0.25, 0.3) is 5.69 Å². The Bertz CT molecular complexity index is 661. The average Bonchev–Trinajstić information content (AvgIpc) is 2.40. The number of hydrogen-bond donors (Lipinski definition) is 0. The SMILES string of the molecule is CCc1nc(C)ccc1Oc1cc([N+](=O)[O-])cc(Cl)n1. The zero-order chi connectivity index (χ0) is 14.7. The molecule has 2 heterocycles. The fourth-order valence-electron chi connectivity index (χ4n) is 1.67. The first-order chi connectivity index (χ1) is 9.49. The molecule has 0 radical (unpaired) electrons. The fraction of sp³-hybridized carbons (Fsp3) is 0.231. The maximum atomic E-state index is 10.8. The lowest BCUT2D eigenvalue weighted by atomic mass is 10.2. The molecule has 0 aromatic carbocycles. The van der Waals surface area contributed by atoms with Crippen molar-refractivity contribution in [1.82, 2.24) is 9.97 Å². The lowest BCUT2D eigenvalue weighted by Gasteiger charge is -2.09. The summed E-state index contributed by atoms with van der Waals surface area (Å²) in [7, 11) is 0. The zero-order valence-electron chi connectivity index (χ0n) is 11.0. The van der Waals surface area contributed by atoms with Crippen LogP contribution in [0.3, 0.4) is 0 Å². The predicted octanol–water partition coefficient (Wildman–Crippen LogP) is 3.70. The van der Waals surface area contributed by atoms with Crippen LogP contribution in [0.5, 0.6) is 11.6 Å². The van der Waals surface area contributed by atoms with Crippen LogP contribution < -0.4 is 4.74 Å². The smallest absolute Gasteiger partial charge is 0.277 e. The quantitative estimate of drug-likeness (QED) is 0.488. The van der Waals surface area contributed by atoms with Gasteiger partial charge in [0.15, 0.2) is 5.75 Å². The minimum Gasteiger partial charge on any atom is -0.437 e. The normalized spacial score (nSPS) is 10.3.